The number of thioether (sulfide) groups is 1. The number of nitrogens with zero attached hydrogens (tertiary/aromatic N) is 1. The lowest BCUT2D eigenvalue weighted by molar-refractivity contribution is -0.141. The van der Waals surface area contributed by atoms with Gasteiger partial charge in [-0.25, -0.2) is 4.98 Å². The van der Waals surface area contributed by atoms with Crippen molar-refractivity contribution >= 4 is 23.6 Å². The Hall–Kier alpha value is -1.77. The van der Waals surface area contributed by atoms with Crippen molar-refractivity contribution in [1.82, 2.24) is 10.3 Å². The third kappa shape index (κ3) is 6.33. The Bertz CT molecular complexity index is 520. The van der Waals surface area contributed by atoms with Gasteiger partial charge in [0.2, 0.25) is 5.91 Å². The Labute approximate surface area is 129 Å². The third-order valence-electron chi connectivity index (χ3n) is 2.52. The maximum atomic E-state index is 12.4. The quantitative estimate of drug-likeness (QED) is 0.637. The van der Waals surface area contributed by atoms with E-state index in [0.29, 0.717) is 5.03 Å². The summed E-state index contributed by atoms with van der Waals surface area (Å²) in [5.41, 5.74) is -0.840. The summed E-state index contributed by atoms with van der Waals surface area (Å²) in [6, 6.07) is 1.73. The molecule has 1 amide bonds. The predicted molar refractivity (Wildman–Crippen MR) is 74.2 cm³/mol. The summed E-state index contributed by atoms with van der Waals surface area (Å²) in [6.45, 7) is 1.65. The van der Waals surface area contributed by atoms with E-state index in [1.54, 1.807) is 6.92 Å². The van der Waals surface area contributed by atoms with E-state index in [1.165, 1.54) is 13.2 Å². The fourth-order valence-electron chi connectivity index (χ4n) is 1.47. The first-order valence-electron chi connectivity index (χ1n) is 6.24. The van der Waals surface area contributed by atoms with Gasteiger partial charge in [-0.15, -0.1) is 0 Å². The van der Waals surface area contributed by atoms with Gasteiger partial charge in [-0.2, -0.15) is 13.2 Å². The molecule has 0 radical (unpaired) electrons. The molecule has 0 aliphatic rings. The number of hydrogen-bond acceptors (Lipinski definition) is 5. The van der Waals surface area contributed by atoms with Gasteiger partial charge in [-0.1, -0.05) is 11.8 Å². The molecule has 0 saturated carbocycles. The van der Waals surface area contributed by atoms with E-state index < -0.39 is 17.7 Å². The lowest BCUT2D eigenvalue weighted by Gasteiger charge is -2.12. The van der Waals surface area contributed by atoms with Crippen LogP contribution in [-0.4, -0.2) is 35.8 Å². The highest BCUT2D eigenvalue weighted by Gasteiger charge is 2.30. The van der Waals surface area contributed by atoms with Crippen molar-refractivity contribution in [1.29, 1.82) is 0 Å². The van der Waals surface area contributed by atoms with Gasteiger partial charge in [0.25, 0.3) is 0 Å². The van der Waals surface area contributed by atoms with Crippen molar-refractivity contribution in [2.75, 3.05) is 12.9 Å². The van der Waals surface area contributed by atoms with Crippen LogP contribution in [0.1, 0.15) is 18.9 Å². The first-order valence-corrected chi connectivity index (χ1v) is 7.23. The van der Waals surface area contributed by atoms with Crippen molar-refractivity contribution in [2.45, 2.75) is 30.6 Å². The summed E-state index contributed by atoms with van der Waals surface area (Å²) < 4.78 is 41.6. The van der Waals surface area contributed by atoms with Crippen molar-refractivity contribution in [3.05, 3.63) is 23.9 Å². The molecule has 1 N–H and O–H groups in total. The number of alkyl halides is 3. The van der Waals surface area contributed by atoms with E-state index >= 15 is 0 Å². The number of hydrogen-bond donors (Lipinski definition) is 1. The van der Waals surface area contributed by atoms with Crippen LogP contribution >= 0.6 is 11.8 Å². The summed E-state index contributed by atoms with van der Waals surface area (Å²) in [6.07, 6.45) is -3.66. The average molecular weight is 336 g/mol. The first-order chi connectivity index (χ1) is 10.2. The smallest absolute Gasteiger partial charge is 0.417 e. The number of esters is 1. The average Bonchev–Trinajstić information content (AvgIpc) is 2.44. The lowest BCUT2D eigenvalue weighted by Crippen LogP contribution is -2.35. The number of carbonyl (C=O) groups is 2. The molecule has 1 unspecified atom stereocenters. The molecule has 0 spiro atoms. The number of ether oxygens (including phenoxy) is 1. The summed E-state index contributed by atoms with van der Waals surface area (Å²) in [5, 5.41) is 2.89. The number of amides is 1. The first kappa shape index (κ1) is 18.3. The van der Waals surface area contributed by atoms with Crippen LogP contribution in [0, 0.1) is 0 Å². The van der Waals surface area contributed by atoms with Gasteiger partial charge in [-0.3, -0.25) is 9.59 Å². The van der Waals surface area contributed by atoms with E-state index in [4.69, 9.17) is 0 Å². The Morgan fingerprint density at radius 2 is 2.09 bits per heavy atom. The topological polar surface area (TPSA) is 68.3 Å². The molecule has 22 heavy (non-hydrogen) atoms. The highest BCUT2D eigenvalue weighted by Crippen LogP contribution is 2.29. The molecule has 0 bridgehead atoms. The SMILES string of the molecule is COC(=O)CC(C)NC(=O)CSc1ccc(C(F)(F)F)cn1. The Balaban J connectivity index is 2.42. The van der Waals surface area contributed by atoms with E-state index in [0.717, 1.165) is 24.0 Å². The molecule has 1 aromatic heterocycles. The summed E-state index contributed by atoms with van der Waals surface area (Å²) >= 11 is 1.01. The fraction of sp³-hybridized carbons (Fsp3) is 0.462. The molecule has 0 aliphatic heterocycles. The summed E-state index contributed by atoms with van der Waals surface area (Å²) in [4.78, 5) is 26.3. The van der Waals surface area contributed by atoms with Crippen LogP contribution in [0.25, 0.3) is 0 Å². The normalized spacial score (nSPS) is 12.6. The highest BCUT2D eigenvalue weighted by atomic mass is 32.2. The molecule has 1 rings (SSSR count). The van der Waals surface area contributed by atoms with Crippen molar-refractivity contribution < 1.29 is 27.5 Å². The van der Waals surface area contributed by atoms with E-state index in [9.17, 15) is 22.8 Å². The minimum atomic E-state index is -4.43. The maximum absolute atomic E-state index is 12.4. The van der Waals surface area contributed by atoms with Crippen molar-refractivity contribution in [2.24, 2.45) is 0 Å². The molecule has 0 aromatic carbocycles. The Morgan fingerprint density at radius 3 is 2.59 bits per heavy atom. The van der Waals surface area contributed by atoms with Crippen LogP contribution in [0.2, 0.25) is 0 Å². The predicted octanol–water partition coefficient (Wildman–Crippen LogP) is 2.26. The number of carbonyl (C=O) groups excluding carboxylic acids is 2. The number of aromatic nitrogens is 1. The molecule has 0 fully saturated rings. The van der Waals surface area contributed by atoms with Gasteiger partial charge >= 0.3 is 12.1 Å². The van der Waals surface area contributed by atoms with Crippen LogP contribution in [-0.2, 0) is 20.5 Å². The molecule has 1 heterocycles. The summed E-state index contributed by atoms with van der Waals surface area (Å²) in [7, 11) is 1.25. The minimum absolute atomic E-state index is 0.0100. The standard InChI is InChI=1S/C13H15F3N2O3S/c1-8(5-12(20)21-2)18-10(19)7-22-11-4-3-9(6-17-11)13(14,15)16/h3-4,6,8H,5,7H2,1-2H3,(H,18,19). The van der Waals surface area contributed by atoms with Gasteiger partial charge < -0.3 is 10.1 Å². The molecule has 1 aromatic rings. The zero-order valence-electron chi connectivity index (χ0n) is 11.9. The Kier molecular flexibility index (Phi) is 6.66. The Morgan fingerprint density at radius 1 is 1.41 bits per heavy atom. The van der Waals surface area contributed by atoms with Gasteiger partial charge in [0.15, 0.2) is 0 Å². The van der Waals surface area contributed by atoms with Gasteiger partial charge in [-0.05, 0) is 19.1 Å². The minimum Gasteiger partial charge on any atom is -0.469 e. The van der Waals surface area contributed by atoms with E-state index in [-0.39, 0.29) is 24.1 Å². The molecule has 5 nitrogen and oxygen atoms in total. The van der Waals surface area contributed by atoms with Gasteiger partial charge in [0.1, 0.15) is 0 Å². The van der Waals surface area contributed by atoms with Crippen LogP contribution < -0.4 is 5.32 Å². The van der Waals surface area contributed by atoms with Crippen LogP contribution in [0.4, 0.5) is 13.2 Å². The van der Waals surface area contributed by atoms with Crippen LogP contribution in [0.3, 0.4) is 0 Å². The van der Waals surface area contributed by atoms with Crippen molar-refractivity contribution in [3.8, 4) is 0 Å². The lowest BCUT2D eigenvalue weighted by atomic mass is 10.2. The molecule has 122 valence electrons. The number of rotatable bonds is 6. The highest BCUT2D eigenvalue weighted by molar-refractivity contribution is 7.99. The second-order valence-electron chi connectivity index (χ2n) is 4.42. The molecule has 0 saturated heterocycles. The number of pyridine rings is 1. The maximum Gasteiger partial charge on any atom is 0.417 e. The van der Waals surface area contributed by atoms with Crippen LogP contribution in [0.5, 0.6) is 0 Å². The van der Waals surface area contributed by atoms with Gasteiger partial charge in [0, 0.05) is 12.2 Å². The zero-order valence-corrected chi connectivity index (χ0v) is 12.8. The summed E-state index contributed by atoms with van der Waals surface area (Å²) in [5.74, 6) is -0.794. The van der Waals surface area contributed by atoms with E-state index in [2.05, 4.69) is 15.0 Å². The monoisotopic (exact) mass is 336 g/mol. The molecule has 9 heteroatoms. The van der Waals surface area contributed by atoms with Crippen LogP contribution in [0.15, 0.2) is 23.4 Å². The zero-order chi connectivity index (χ0) is 16.8. The number of methoxy groups -OCH3 is 1. The third-order valence-corrected chi connectivity index (χ3v) is 3.47. The molecule has 0 aliphatic carbocycles. The van der Waals surface area contributed by atoms with Crippen molar-refractivity contribution in [3.63, 3.8) is 0 Å². The molecule has 1 atom stereocenters. The van der Waals surface area contributed by atoms with E-state index in [1.807, 2.05) is 0 Å². The second kappa shape index (κ2) is 8.02. The molecular weight excluding hydrogens is 321 g/mol. The largest absolute Gasteiger partial charge is 0.469 e. The van der Waals surface area contributed by atoms with Gasteiger partial charge in [0.05, 0.1) is 29.9 Å². The fourth-order valence-corrected chi connectivity index (χ4v) is 2.13. The second-order valence-corrected chi connectivity index (χ2v) is 5.42. The molecular formula is C13H15F3N2O3S. The number of nitrogens with one attached hydrogen (secondary N) is 1. The number of halogens is 3.